The van der Waals surface area contributed by atoms with Crippen molar-refractivity contribution in [3.05, 3.63) is 33.4 Å². The van der Waals surface area contributed by atoms with Crippen LogP contribution >= 0.6 is 22.6 Å². The highest BCUT2D eigenvalue weighted by atomic mass is 127. The van der Waals surface area contributed by atoms with E-state index in [1.807, 2.05) is 24.3 Å². The van der Waals surface area contributed by atoms with Crippen molar-refractivity contribution < 1.29 is 4.79 Å². The summed E-state index contributed by atoms with van der Waals surface area (Å²) in [5.41, 5.74) is 0.752. The second-order valence-corrected chi connectivity index (χ2v) is 6.08. The van der Waals surface area contributed by atoms with Gasteiger partial charge in [0.25, 0.3) is 5.91 Å². The summed E-state index contributed by atoms with van der Waals surface area (Å²) in [6.07, 6.45) is 3.59. The van der Waals surface area contributed by atoms with E-state index in [0.717, 1.165) is 22.1 Å². The summed E-state index contributed by atoms with van der Waals surface area (Å²) in [6, 6.07) is 8.32. The molecule has 4 heteroatoms. The van der Waals surface area contributed by atoms with Gasteiger partial charge in [-0.3, -0.25) is 4.79 Å². The second kappa shape index (κ2) is 6.52. The highest BCUT2D eigenvalue weighted by Gasteiger charge is 2.20. The van der Waals surface area contributed by atoms with Gasteiger partial charge in [0.2, 0.25) is 0 Å². The normalized spacial score (nSPS) is 20.0. The summed E-state index contributed by atoms with van der Waals surface area (Å²) in [4.78, 5) is 14.3. The molecule has 0 radical (unpaired) electrons. The number of halogens is 1. The van der Waals surface area contributed by atoms with Crippen molar-refractivity contribution in [1.29, 1.82) is 0 Å². The van der Waals surface area contributed by atoms with E-state index < -0.39 is 0 Å². The van der Waals surface area contributed by atoms with Gasteiger partial charge in [0.1, 0.15) is 0 Å². The quantitative estimate of drug-likeness (QED) is 0.839. The van der Waals surface area contributed by atoms with Crippen LogP contribution in [0.25, 0.3) is 0 Å². The van der Waals surface area contributed by atoms with E-state index in [1.54, 1.807) is 0 Å². The van der Waals surface area contributed by atoms with Crippen LogP contribution in [-0.2, 0) is 0 Å². The molecule has 2 rings (SSSR count). The van der Waals surface area contributed by atoms with Crippen LogP contribution in [-0.4, -0.2) is 37.0 Å². The van der Waals surface area contributed by atoms with Gasteiger partial charge in [-0.2, -0.15) is 0 Å². The first-order valence-corrected chi connectivity index (χ1v) is 7.48. The number of amides is 1. The van der Waals surface area contributed by atoms with E-state index in [0.29, 0.717) is 6.04 Å². The van der Waals surface area contributed by atoms with E-state index in [-0.39, 0.29) is 5.91 Å². The molecule has 1 unspecified atom stereocenters. The van der Waals surface area contributed by atoms with Crippen LogP contribution in [0.4, 0.5) is 0 Å². The molecule has 1 N–H and O–H groups in total. The third-order valence-corrected chi connectivity index (χ3v) is 4.19. The molecule has 0 aromatic heterocycles. The number of carbonyl (C=O) groups is 1. The van der Waals surface area contributed by atoms with Gasteiger partial charge < -0.3 is 10.2 Å². The van der Waals surface area contributed by atoms with Crippen LogP contribution in [0, 0.1) is 3.57 Å². The lowest BCUT2D eigenvalue weighted by Gasteiger charge is -2.19. The summed E-state index contributed by atoms with van der Waals surface area (Å²) >= 11 is 2.22. The van der Waals surface area contributed by atoms with Crippen molar-refractivity contribution in [2.45, 2.75) is 25.3 Å². The molecule has 1 atom stereocenters. The Morgan fingerprint density at radius 1 is 1.56 bits per heavy atom. The van der Waals surface area contributed by atoms with Crippen LogP contribution in [0.2, 0.25) is 0 Å². The number of hydrogen-bond donors (Lipinski definition) is 1. The molecule has 1 amide bonds. The van der Waals surface area contributed by atoms with Gasteiger partial charge in [-0.05, 0) is 73.6 Å². The fraction of sp³-hybridized carbons (Fsp3) is 0.500. The average Bonchev–Trinajstić information content (AvgIpc) is 2.75. The summed E-state index contributed by atoms with van der Waals surface area (Å²) < 4.78 is 1.09. The van der Waals surface area contributed by atoms with Gasteiger partial charge in [0, 0.05) is 21.7 Å². The maximum Gasteiger partial charge on any atom is 0.251 e. The molecule has 1 saturated heterocycles. The third-order valence-electron chi connectivity index (χ3n) is 3.52. The van der Waals surface area contributed by atoms with Crippen LogP contribution in [0.1, 0.15) is 29.6 Å². The zero-order valence-electron chi connectivity index (χ0n) is 10.7. The molecule has 1 aromatic carbocycles. The molecule has 0 spiro atoms. The minimum absolute atomic E-state index is 0.0363. The highest BCUT2D eigenvalue weighted by Crippen LogP contribution is 2.17. The molecular weight excluding hydrogens is 339 g/mol. The first kappa shape index (κ1) is 13.8. The van der Waals surface area contributed by atoms with Crippen molar-refractivity contribution in [2.24, 2.45) is 0 Å². The van der Waals surface area contributed by atoms with Gasteiger partial charge in [-0.15, -0.1) is 0 Å². The fourth-order valence-electron chi connectivity index (χ4n) is 2.43. The summed E-state index contributed by atoms with van der Waals surface area (Å²) in [7, 11) is 2.17. The Balaban J connectivity index is 1.78. The van der Waals surface area contributed by atoms with E-state index in [1.165, 1.54) is 19.4 Å². The molecule has 0 saturated carbocycles. The Morgan fingerprint density at radius 3 is 3.06 bits per heavy atom. The Labute approximate surface area is 122 Å². The van der Waals surface area contributed by atoms with Crippen LogP contribution in [0.3, 0.4) is 0 Å². The number of benzene rings is 1. The largest absolute Gasteiger partial charge is 0.352 e. The lowest BCUT2D eigenvalue weighted by atomic mass is 10.1. The van der Waals surface area contributed by atoms with Crippen LogP contribution < -0.4 is 5.32 Å². The average molecular weight is 358 g/mol. The standard InChI is InChI=1S/C14H19IN2O/c1-17-9-3-6-13(17)7-8-16-14(18)11-4-2-5-12(15)10-11/h2,4-5,10,13H,3,6-9H2,1H3,(H,16,18). The summed E-state index contributed by atoms with van der Waals surface area (Å²) in [5, 5.41) is 3.00. The molecule has 1 aliphatic heterocycles. The van der Waals surface area contributed by atoms with Crippen molar-refractivity contribution >= 4 is 28.5 Å². The van der Waals surface area contributed by atoms with Gasteiger partial charge in [0.05, 0.1) is 0 Å². The van der Waals surface area contributed by atoms with Gasteiger partial charge in [-0.25, -0.2) is 0 Å². The Hall–Kier alpha value is -0.620. The predicted molar refractivity (Wildman–Crippen MR) is 81.8 cm³/mol. The monoisotopic (exact) mass is 358 g/mol. The van der Waals surface area contributed by atoms with Gasteiger partial charge in [-0.1, -0.05) is 6.07 Å². The zero-order valence-corrected chi connectivity index (χ0v) is 12.8. The summed E-state index contributed by atoms with van der Waals surface area (Å²) in [5.74, 6) is 0.0363. The Morgan fingerprint density at radius 2 is 2.39 bits per heavy atom. The molecule has 1 aromatic rings. The molecule has 1 fully saturated rings. The first-order chi connectivity index (χ1) is 8.66. The lowest BCUT2D eigenvalue weighted by Crippen LogP contribution is -2.31. The van der Waals surface area contributed by atoms with E-state index in [4.69, 9.17) is 0 Å². The van der Waals surface area contributed by atoms with E-state index >= 15 is 0 Å². The zero-order chi connectivity index (χ0) is 13.0. The topological polar surface area (TPSA) is 32.3 Å². The number of likely N-dealkylation sites (tertiary alicyclic amines) is 1. The number of rotatable bonds is 4. The molecule has 0 bridgehead atoms. The van der Waals surface area contributed by atoms with Gasteiger partial charge >= 0.3 is 0 Å². The minimum Gasteiger partial charge on any atom is -0.352 e. The molecule has 3 nitrogen and oxygen atoms in total. The lowest BCUT2D eigenvalue weighted by molar-refractivity contribution is 0.0950. The maximum atomic E-state index is 11.9. The van der Waals surface area contributed by atoms with Crippen LogP contribution in [0.15, 0.2) is 24.3 Å². The van der Waals surface area contributed by atoms with Crippen molar-refractivity contribution in [1.82, 2.24) is 10.2 Å². The van der Waals surface area contributed by atoms with E-state index in [2.05, 4.69) is 39.9 Å². The maximum absolute atomic E-state index is 11.9. The summed E-state index contributed by atoms with van der Waals surface area (Å²) in [6.45, 7) is 1.95. The van der Waals surface area contributed by atoms with Crippen molar-refractivity contribution in [3.63, 3.8) is 0 Å². The number of nitrogens with zero attached hydrogens (tertiary/aromatic N) is 1. The first-order valence-electron chi connectivity index (χ1n) is 6.41. The van der Waals surface area contributed by atoms with Gasteiger partial charge in [0.15, 0.2) is 0 Å². The number of hydrogen-bond acceptors (Lipinski definition) is 2. The predicted octanol–water partition coefficient (Wildman–Crippen LogP) is 2.51. The molecule has 1 aliphatic rings. The number of nitrogens with one attached hydrogen (secondary N) is 1. The van der Waals surface area contributed by atoms with Crippen molar-refractivity contribution in [3.8, 4) is 0 Å². The second-order valence-electron chi connectivity index (χ2n) is 4.83. The smallest absolute Gasteiger partial charge is 0.251 e. The molecular formula is C14H19IN2O. The Kier molecular flexibility index (Phi) is 5.00. The minimum atomic E-state index is 0.0363. The molecule has 98 valence electrons. The van der Waals surface area contributed by atoms with E-state index in [9.17, 15) is 4.79 Å². The molecule has 0 aliphatic carbocycles. The Bertz CT molecular complexity index is 422. The fourth-order valence-corrected chi connectivity index (χ4v) is 2.97. The molecule has 1 heterocycles. The van der Waals surface area contributed by atoms with Crippen LogP contribution in [0.5, 0.6) is 0 Å². The SMILES string of the molecule is CN1CCCC1CCNC(=O)c1cccc(I)c1. The van der Waals surface area contributed by atoms with Crippen molar-refractivity contribution in [2.75, 3.05) is 20.1 Å². The number of carbonyl (C=O) groups excluding carboxylic acids is 1. The molecule has 18 heavy (non-hydrogen) atoms. The third kappa shape index (κ3) is 3.68. The highest BCUT2D eigenvalue weighted by molar-refractivity contribution is 14.1.